The molecule has 0 aromatic carbocycles. The minimum Gasteiger partial charge on any atom is -0.380 e. The van der Waals surface area contributed by atoms with Crippen LogP contribution in [0, 0.1) is 0 Å². The highest BCUT2D eigenvalue weighted by atomic mass is 32.1. The zero-order valence-corrected chi connectivity index (χ0v) is 11.2. The fraction of sp³-hybridized carbons (Fsp3) is 0.636. The maximum atomic E-state index is 11.8. The van der Waals surface area contributed by atoms with E-state index in [1.54, 1.807) is 5.38 Å². The van der Waals surface area contributed by atoms with Gasteiger partial charge in [0.05, 0.1) is 12.6 Å². The van der Waals surface area contributed by atoms with Crippen molar-refractivity contribution >= 4 is 17.2 Å². The summed E-state index contributed by atoms with van der Waals surface area (Å²) in [6, 6.07) is -0.162. The van der Waals surface area contributed by atoms with Crippen LogP contribution in [0.4, 0.5) is 0 Å². The minimum atomic E-state index is -0.180. The van der Waals surface area contributed by atoms with E-state index in [0.29, 0.717) is 18.9 Å². The van der Waals surface area contributed by atoms with Gasteiger partial charge in [0.25, 0.3) is 5.91 Å². The van der Waals surface area contributed by atoms with Gasteiger partial charge in [-0.3, -0.25) is 4.79 Å². The second kappa shape index (κ2) is 6.68. The summed E-state index contributed by atoms with van der Waals surface area (Å²) in [5.74, 6) is -0.180. The van der Waals surface area contributed by atoms with Gasteiger partial charge in [-0.15, -0.1) is 11.3 Å². The highest BCUT2D eigenvalue weighted by Gasteiger charge is 2.14. The third-order valence-electron chi connectivity index (χ3n) is 2.09. The van der Waals surface area contributed by atoms with Crippen LogP contribution in [0.2, 0.25) is 0 Å². The Bertz CT molecular complexity index is 365. The van der Waals surface area contributed by atoms with E-state index in [1.165, 1.54) is 11.3 Å². The molecule has 0 saturated carbocycles. The van der Waals surface area contributed by atoms with Crippen LogP contribution in [0.3, 0.4) is 0 Å². The number of nitrogens with one attached hydrogen (secondary N) is 1. The summed E-state index contributed by atoms with van der Waals surface area (Å²) < 4.78 is 5.22. The third kappa shape index (κ3) is 4.41. The normalized spacial score (nSPS) is 14.4. The second-order valence-electron chi connectivity index (χ2n) is 3.89. The number of hydrogen-bond acceptors (Lipinski definition) is 5. The monoisotopic (exact) mass is 257 g/mol. The molecule has 6 heteroatoms. The summed E-state index contributed by atoms with van der Waals surface area (Å²) in [4.78, 5) is 16.0. The van der Waals surface area contributed by atoms with Crippen molar-refractivity contribution in [2.75, 3.05) is 13.2 Å². The summed E-state index contributed by atoms with van der Waals surface area (Å²) in [5, 5.41) is 5.32. The van der Waals surface area contributed by atoms with Crippen molar-refractivity contribution in [3.05, 3.63) is 16.1 Å². The Labute approximate surface area is 105 Å². The smallest absolute Gasteiger partial charge is 0.271 e. The van der Waals surface area contributed by atoms with Crippen molar-refractivity contribution in [1.82, 2.24) is 10.3 Å². The number of aromatic nitrogens is 1. The molecule has 0 fully saturated rings. The number of carbonyl (C=O) groups excluding carboxylic acids is 1. The molecule has 0 aliphatic heterocycles. The molecule has 0 radical (unpaired) electrons. The molecule has 5 nitrogen and oxygen atoms in total. The molecule has 1 aromatic rings. The lowest BCUT2D eigenvalue weighted by molar-refractivity contribution is 0.0868. The van der Waals surface area contributed by atoms with Crippen molar-refractivity contribution < 1.29 is 9.53 Å². The number of hydrogen-bond donors (Lipinski definition) is 2. The zero-order valence-electron chi connectivity index (χ0n) is 10.4. The number of ether oxygens (including phenoxy) is 1. The topological polar surface area (TPSA) is 77.2 Å². The lowest BCUT2D eigenvalue weighted by Gasteiger charge is -2.12. The van der Waals surface area contributed by atoms with Crippen LogP contribution in [0.1, 0.15) is 42.3 Å². The van der Waals surface area contributed by atoms with Gasteiger partial charge in [-0.05, 0) is 20.8 Å². The third-order valence-corrected chi connectivity index (χ3v) is 3.14. The molecule has 0 spiro atoms. The molecule has 3 N–H and O–H groups in total. The van der Waals surface area contributed by atoms with Gasteiger partial charge in [0, 0.05) is 18.0 Å². The largest absolute Gasteiger partial charge is 0.380 e. The first-order valence-electron chi connectivity index (χ1n) is 5.64. The lowest BCUT2D eigenvalue weighted by atomic mass is 10.3. The van der Waals surface area contributed by atoms with E-state index < -0.39 is 0 Å². The molecule has 17 heavy (non-hydrogen) atoms. The van der Waals surface area contributed by atoms with Crippen molar-refractivity contribution in [3.8, 4) is 0 Å². The first-order chi connectivity index (χ1) is 8.04. The van der Waals surface area contributed by atoms with E-state index in [2.05, 4.69) is 10.3 Å². The Morgan fingerprint density at radius 3 is 2.88 bits per heavy atom. The summed E-state index contributed by atoms with van der Waals surface area (Å²) in [6.45, 7) is 6.81. The van der Waals surface area contributed by atoms with Crippen molar-refractivity contribution in [2.24, 2.45) is 5.73 Å². The molecule has 0 bridgehead atoms. The first-order valence-corrected chi connectivity index (χ1v) is 6.52. The van der Waals surface area contributed by atoms with Gasteiger partial charge < -0.3 is 15.8 Å². The van der Waals surface area contributed by atoms with E-state index in [1.807, 2.05) is 20.8 Å². The number of amides is 1. The average Bonchev–Trinajstić information content (AvgIpc) is 2.75. The second-order valence-corrected chi connectivity index (χ2v) is 4.78. The number of nitrogens with two attached hydrogens (primary N) is 1. The van der Waals surface area contributed by atoms with Gasteiger partial charge in [-0.25, -0.2) is 4.98 Å². The molecule has 96 valence electrons. The highest BCUT2D eigenvalue weighted by Crippen LogP contribution is 2.15. The number of carbonyl (C=O) groups is 1. The number of nitrogens with zero attached hydrogens (tertiary/aromatic N) is 1. The summed E-state index contributed by atoms with van der Waals surface area (Å²) in [6.07, 6.45) is 0. The molecule has 0 aliphatic carbocycles. The molecule has 1 rings (SSSR count). The molecule has 2 atom stereocenters. The van der Waals surface area contributed by atoms with Crippen LogP contribution in [-0.4, -0.2) is 30.1 Å². The van der Waals surface area contributed by atoms with Crippen molar-refractivity contribution in [1.29, 1.82) is 0 Å². The summed E-state index contributed by atoms with van der Waals surface area (Å²) in [5.41, 5.74) is 6.11. The van der Waals surface area contributed by atoms with E-state index in [9.17, 15) is 4.79 Å². The molecule has 2 unspecified atom stereocenters. The fourth-order valence-electron chi connectivity index (χ4n) is 1.24. The molecule has 1 aromatic heterocycles. The number of thiazole rings is 1. The maximum Gasteiger partial charge on any atom is 0.271 e. The van der Waals surface area contributed by atoms with Crippen LogP contribution in [0.25, 0.3) is 0 Å². The molecule has 0 saturated heterocycles. The van der Waals surface area contributed by atoms with Gasteiger partial charge in [-0.1, -0.05) is 0 Å². The van der Waals surface area contributed by atoms with Crippen LogP contribution in [0.15, 0.2) is 5.38 Å². The highest BCUT2D eigenvalue weighted by molar-refractivity contribution is 7.09. The van der Waals surface area contributed by atoms with Gasteiger partial charge in [0.15, 0.2) is 0 Å². The van der Waals surface area contributed by atoms with Crippen molar-refractivity contribution in [3.63, 3.8) is 0 Å². The quantitative estimate of drug-likeness (QED) is 0.805. The molecule has 1 amide bonds. The van der Waals surface area contributed by atoms with Crippen LogP contribution in [-0.2, 0) is 4.74 Å². The number of rotatable bonds is 6. The minimum absolute atomic E-state index is 0.0251. The summed E-state index contributed by atoms with van der Waals surface area (Å²) in [7, 11) is 0. The molecule has 1 heterocycles. The fourth-order valence-corrected chi connectivity index (χ4v) is 1.99. The molecule has 0 aliphatic rings. The van der Waals surface area contributed by atoms with Gasteiger partial charge in [0.1, 0.15) is 10.7 Å². The van der Waals surface area contributed by atoms with E-state index in [4.69, 9.17) is 10.5 Å². The van der Waals surface area contributed by atoms with Gasteiger partial charge in [0.2, 0.25) is 0 Å². The molecular weight excluding hydrogens is 238 g/mol. The standard InChI is InChI=1S/C11H19N3O2S/c1-4-16-5-7(2)13-10(15)9-6-17-11(14-9)8(3)12/h6-8H,4-5,12H2,1-3H3,(H,13,15). The maximum absolute atomic E-state index is 11.8. The Hall–Kier alpha value is -0.980. The zero-order chi connectivity index (χ0) is 12.8. The Morgan fingerprint density at radius 2 is 2.35 bits per heavy atom. The van der Waals surface area contributed by atoms with E-state index in [0.717, 1.165) is 5.01 Å². The van der Waals surface area contributed by atoms with Crippen LogP contribution in [0.5, 0.6) is 0 Å². The average molecular weight is 257 g/mol. The van der Waals surface area contributed by atoms with E-state index >= 15 is 0 Å². The van der Waals surface area contributed by atoms with Crippen molar-refractivity contribution in [2.45, 2.75) is 32.9 Å². The summed E-state index contributed by atoms with van der Waals surface area (Å²) >= 11 is 1.40. The van der Waals surface area contributed by atoms with Gasteiger partial charge in [-0.2, -0.15) is 0 Å². The van der Waals surface area contributed by atoms with Crippen LogP contribution < -0.4 is 11.1 Å². The Kier molecular flexibility index (Phi) is 5.54. The van der Waals surface area contributed by atoms with Crippen LogP contribution >= 0.6 is 11.3 Å². The van der Waals surface area contributed by atoms with E-state index in [-0.39, 0.29) is 18.0 Å². The SMILES string of the molecule is CCOCC(C)NC(=O)c1csc(C(C)N)n1. The van der Waals surface area contributed by atoms with Gasteiger partial charge >= 0.3 is 0 Å². The lowest BCUT2D eigenvalue weighted by Crippen LogP contribution is -2.36. The Balaban J connectivity index is 2.51. The Morgan fingerprint density at radius 1 is 1.65 bits per heavy atom. The molecular formula is C11H19N3O2S. The first kappa shape index (κ1) is 14.1. The predicted molar refractivity (Wildman–Crippen MR) is 68.1 cm³/mol. The predicted octanol–water partition coefficient (Wildman–Crippen LogP) is 1.32.